The Morgan fingerprint density at radius 2 is 1.89 bits per heavy atom. The van der Waals surface area contributed by atoms with Crippen LogP contribution in [0, 0.1) is 10.1 Å². The molecule has 2 aromatic rings. The van der Waals surface area contributed by atoms with E-state index in [9.17, 15) is 10.1 Å². The van der Waals surface area contributed by atoms with Crippen LogP contribution in [0.3, 0.4) is 0 Å². The molecule has 4 heteroatoms. The Hall–Kier alpha value is -2.36. The molecule has 0 heterocycles. The van der Waals surface area contributed by atoms with Crippen LogP contribution in [0.5, 0.6) is 0 Å². The van der Waals surface area contributed by atoms with Gasteiger partial charge in [0.05, 0.1) is 15.9 Å². The summed E-state index contributed by atoms with van der Waals surface area (Å²) in [6, 6.07) is 10.9. The molecule has 0 radical (unpaired) electrons. The number of rotatable bonds is 3. The van der Waals surface area contributed by atoms with Gasteiger partial charge in [-0.15, -0.1) is 0 Å². The van der Waals surface area contributed by atoms with Crippen molar-refractivity contribution in [2.75, 3.05) is 14.1 Å². The Balaban J connectivity index is 2.79. The molecular weight excluding hydrogens is 228 g/mol. The smallest absolute Gasteiger partial charge is 0.286 e. The predicted octanol–water partition coefficient (Wildman–Crippen LogP) is 3.28. The highest BCUT2D eigenvalue weighted by Gasteiger charge is 2.20. The predicted molar refractivity (Wildman–Crippen MR) is 73.3 cm³/mol. The van der Waals surface area contributed by atoms with Gasteiger partial charge >= 0.3 is 0 Å². The van der Waals surface area contributed by atoms with Crippen LogP contribution in [0.4, 0.5) is 5.69 Å². The molecular formula is C14H14N2O2. The average Bonchev–Trinajstić information content (AvgIpc) is 2.36. The van der Waals surface area contributed by atoms with Gasteiger partial charge in [0.1, 0.15) is 0 Å². The van der Waals surface area contributed by atoms with E-state index in [1.807, 2.05) is 32.3 Å². The van der Waals surface area contributed by atoms with Gasteiger partial charge in [0.25, 0.3) is 5.69 Å². The maximum atomic E-state index is 11.3. The highest BCUT2D eigenvalue weighted by atomic mass is 16.6. The fourth-order valence-corrected chi connectivity index (χ4v) is 1.93. The molecule has 0 unspecified atom stereocenters. The van der Waals surface area contributed by atoms with Crippen LogP contribution in [0.25, 0.3) is 16.5 Å². The van der Waals surface area contributed by atoms with Crippen molar-refractivity contribution in [2.24, 2.45) is 0 Å². The van der Waals surface area contributed by atoms with E-state index in [0.717, 1.165) is 5.39 Å². The van der Waals surface area contributed by atoms with Gasteiger partial charge in [-0.1, -0.05) is 30.8 Å². The zero-order valence-electron chi connectivity index (χ0n) is 10.4. The lowest BCUT2D eigenvalue weighted by Crippen LogP contribution is -2.10. The van der Waals surface area contributed by atoms with E-state index in [0.29, 0.717) is 16.6 Å². The quantitative estimate of drug-likeness (QED) is 0.613. The molecule has 0 fully saturated rings. The van der Waals surface area contributed by atoms with E-state index in [2.05, 4.69) is 6.58 Å². The Labute approximate surface area is 105 Å². The minimum atomic E-state index is -0.341. The van der Waals surface area contributed by atoms with Gasteiger partial charge in [0.2, 0.25) is 0 Å². The first kappa shape index (κ1) is 12.1. The van der Waals surface area contributed by atoms with E-state index < -0.39 is 0 Å². The first-order chi connectivity index (χ1) is 8.52. The van der Waals surface area contributed by atoms with E-state index in [4.69, 9.17) is 0 Å². The van der Waals surface area contributed by atoms with Gasteiger partial charge in [0, 0.05) is 19.8 Å². The normalized spacial score (nSPS) is 10.3. The van der Waals surface area contributed by atoms with Crippen molar-refractivity contribution in [1.82, 2.24) is 4.90 Å². The standard InChI is InChI=1S/C14H14N2O2/c1-10(15(2)3)12-9-8-11-6-4-5-7-13(11)14(12)16(17)18/h4-9H,1H2,2-3H3. The first-order valence-corrected chi connectivity index (χ1v) is 5.55. The Morgan fingerprint density at radius 3 is 2.50 bits per heavy atom. The van der Waals surface area contributed by atoms with Crippen LogP contribution in [-0.4, -0.2) is 23.9 Å². The number of hydrogen-bond donors (Lipinski definition) is 0. The van der Waals surface area contributed by atoms with Gasteiger partial charge in [-0.05, 0) is 17.5 Å². The van der Waals surface area contributed by atoms with Crippen LogP contribution < -0.4 is 0 Å². The van der Waals surface area contributed by atoms with E-state index >= 15 is 0 Å². The molecule has 0 spiro atoms. The van der Waals surface area contributed by atoms with E-state index in [-0.39, 0.29) is 10.6 Å². The SMILES string of the molecule is C=C(c1ccc2ccccc2c1[N+](=O)[O-])N(C)C. The van der Waals surface area contributed by atoms with Crippen molar-refractivity contribution < 1.29 is 4.92 Å². The maximum Gasteiger partial charge on any atom is 0.286 e. The van der Waals surface area contributed by atoms with Gasteiger partial charge in [-0.3, -0.25) is 10.1 Å². The molecule has 0 aliphatic rings. The largest absolute Gasteiger partial charge is 0.377 e. The second-order valence-corrected chi connectivity index (χ2v) is 4.28. The Kier molecular flexibility index (Phi) is 3.02. The lowest BCUT2D eigenvalue weighted by Gasteiger charge is -2.16. The average molecular weight is 242 g/mol. The third kappa shape index (κ3) is 1.93. The minimum Gasteiger partial charge on any atom is -0.377 e. The van der Waals surface area contributed by atoms with Crippen molar-refractivity contribution in [1.29, 1.82) is 0 Å². The lowest BCUT2D eigenvalue weighted by molar-refractivity contribution is -0.383. The number of fused-ring (bicyclic) bond motifs is 1. The number of nitro groups is 1. The second-order valence-electron chi connectivity index (χ2n) is 4.28. The van der Waals surface area contributed by atoms with Crippen LogP contribution in [0.2, 0.25) is 0 Å². The van der Waals surface area contributed by atoms with Gasteiger partial charge in [-0.2, -0.15) is 0 Å². The zero-order valence-corrected chi connectivity index (χ0v) is 10.4. The topological polar surface area (TPSA) is 46.4 Å². The monoisotopic (exact) mass is 242 g/mol. The lowest BCUT2D eigenvalue weighted by atomic mass is 10.0. The number of nitrogens with zero attached hydrogens (tertiary/aromatic N) is 2. The maximum absolute atomic E-state index is 11.3. The van der Waals surface area contributed by atoms with Gasteiger partial charge in [0.15, 0.2) is 0 Å². The second kappa shape index (κ2) is 4.49. The van der Waals surface area contributed by atoms with Crippen molar-refractivity contribution in [3.05, 3.63) is 58.7 Å². The van der Waals surface area contributed by atoms with Crippen molar-refractivity contribution >= 4 is 22.2 Å². The summed E-state index contributed by atoms with van der Waals surface area (Å²) in [5.41, 5.74) is 1.31. The molecule has 92 valence electrons. The van der Waals surface area contributed by atoms with Crippen molar-refractivity contribution in [3.63, 3.8) is 0 Å². The van der Waals surface area contributed by atoms with Crippen molar-refractivity contribution in [3.8, 4) is 0 Å². The Morgan fingerprint density at radius 1 is 1.22 bits per heavy atom. The molecule has 0 aliphatic heterocycles. The molecule has 0 amide bonds. The molecule has 0 bridgehead atoms. The fraction of sp³-hybridized carbons (Fsp3) is 0.143. The third-order valence-corrected chi connectivity index (χ3v) is 2.93. The van der Waals surface area contributed by atoms with Crippen LogP contribution in [0.1, 0.15) is 5.56 Å². The summed E-state index contributed by atoms with van der Waals surface area (Å²) in [5.74, 6) is 0. The molecule has 4 nitrogen and oxygen atoms in total. The number of benzene rings is 2. The first-order valence-electron chi connectivity index (χ1n) is 5.55. The summed E-state index contributed by atoms with van der Waals surface area (Å²) in [7, 11) is 3.64. The molecule has 2 aromatic carbocycles. The summed E-state index contributed by atoms with van der Waals surface area (Å²) in [6.45, 7) is 3.90. The Bertz CT molecular complexity index is 633. The summed E-state index contributed by atoms with van der Waals surface area (Å²) in [5, 5.41) is 12.8. The number of nitro benzene ring substituents is 1. The minimum absolute atomic E-state index is 0.117. The summed E-state index contributed by atoms with van der Waals surface area (Å²) < 4.78 is 0. The van der Waals surface area contributed by atoms with Gasteiger partial charge < -0.3 is 4.90 Å². The molecule has 0 aromatic heterocycles. The summed E-state index contributed by atoms with van der Waals surface area (Å²) in [6.07, 6.45) is 0. The highest BCUT2D eigenvalue weighted by Crippen LogP contribution is 2.33. The van der Waals surface area contributed by atoms with E-state index in [1.165, 1.54) is 0 Å². The molecule has 2 rings (SSSR count). The summed E-state index contributed by atoms with van der Waals surface area (Å²) >= 11 is 0. The zero-order chi connectivity index (χ0) is 13.3. The fourth-order valence-electron chi connectivity index (χ4n) is 1.93. The molecule has 0 aliphatic carbocycles. The third-order valence-electron chi connectivity index (χ3n) is 2.93. The van der Waals surface area contributed by atoms with Crippen LogP contribution >= 0.6 is 0 Å². The van der Waals surface area contributed by atoms with Gasteiger partial charge in [-0.25, -0.2) is 0 Å². The molecule has 0 saturated heterocycles. The highest BCUT2D eigenvalue weighted by molar-refractivity contribution is 5.95. The molecule has 18 heavy (non-hydrogen) atoms. The van der Waals surface area contributed by atoms with Crippen LogP contribution in [-0.2, 0) is 0 Å². The van der Waals surface area contributed by atoms with Crippen molar-refractivity contribution in [2.45, 2.75) is 0 Å². The molecule has 0 N–H and O–H groups in total. The van der Waals surface area contributed by atoms with Crippen LogP contribution in [0.15, 0.2) is 43.0 Å². The molecule has 0 atom stereocenters. The molecule has 0 saturated carbocycles. The summed E-state index contributed by atoms with van der Waals surface area (Å²) in [4.78, 5) is 12.7. The van der Waals surface area contributed by atoms with E-state index in [1.54, 1.807) is 23.1 Å². The number of hydrogen-bond acceptors (Lipinski definition) is 3.